The number of carbonyl (C=O) groups excluding carboxylic acids is 1. The number of fused-ring (bicyclic) bond motifs is 1. The third kappa shape index (κ3) is 3.88. The Hall–Kier alpha value is -4.53. The van der Waals surface area contributed by atoms with E-state index >= 15 is 0 Å². The van der Waals surface area contributed by atoms with Gasteiger partial charge < -0.3 is 10.6 Å². The first-order valence-electron chi connectivity index (χ1n) is 10.7. The zero-order chi connectivity index (χ0) is 23.8. The van der Waals surface area contributed by atoms with Crippen molar-refractivity contribution in [3.05, 3.63) is 96.1 Å². The van der Waals surface area contributed by atoms with Crippen molar-refractivity contribution in [1.82, 2.24) is 23.9 Å². The molecule has 4 heterocycles. The maximum Gasteiger partial charge on any atom is 0.267 e. The molecule has 0 atom stereocenters. The van der Waals surface area contributed by atoms with Gasteiger partial charge in [-0.25, -0.2) is 19.3 Å². The predicted molar refractivity (Wildman–Crippen MR) is 127 cm³/mol. The number of benzene rings is 1. The maximum absolute atomic E-state index is 14.3. The number of halogens is 1. The second-order valence-corrected chi connectivity index (χ2v) is 8.02. The highest BCUT2D eigenvalue weighted by atomic mass is 19.1. The molecule has 0 spiro atoms. The van der Waals surface area contributed by atoms with Crippen molar-refractivity contribution in [2.24, 2.45) is 5.73 Å². The minimum atomic E-state index is -0.567. The van der Waals surface area contributed by atoms with Gasteiger partial charge in [0.15, 0.2) is 5.82 Å². The second kappa shape index (κ2) is 8.43. The molecule has 0 fully saturated rings. The highest BCUT2D eigenvalue weighted by Gasteiger charge is 2.17. The van der Waals surface area contributed by atoms with Crippen LogP contribution in [-0.2, 0) is 6.54 Å². The third-order valence-corrected chi connectivity index (χ3v) is 5.56. The molecule has 1 amide bonds. The van der Waals surface area contributed by atoms with E-state index in [0.29, 0.717) is 29.4 Å². The van der Waals surface area contributed by atoms with Crippen molar-refractivity contribution < 1.29 is 9.18 Å². The minimum Gasteiger partial charge on any atom is -0.366 e. The molecule has 5 aromatic rings. The first-order chi connectivity index (χ1) is 16.4. The average Bonchev–Trinajstić information content (AvgIpc) is 3.43. The van der Waals surface area contributed by atoms with Crippen LogP contribution in [0.4, 0.5) is 10.1 Å². The van der Waals surface area contributed by atoms with Crippen molar-refractivity contribution in [2.75, 3.05) is 11.9 Å². The average molecular weight is 455 g/mol. The molecule has 8 nitrogen and oxygen atoms in total. The molecule has 170 valence electrons. The standard InChI is InChI=1S/C25H22FN7O/c1-16-6-5-8-20(29-16)25-30-17(13-31(2)21-9-4-3-7-19(21)26)14-32(25)18-10-11-23-28-12-22(24(27)34)33(23)15-18/h3-12,14-15H,13H2,1-2H3,(H2,27,34). The van der Waals surface area contributed by atoms with Crippen molar-refractivity contribution in [3.63, 3.8) is 0 Å². The van der Waals surface area contributed by atoms with E-state index in [0.717, 1.165) is 17.1 Å². The Morgan fingerprint density at radius 1 is 1.06 bits per heavy atom. The lowest BCUT2D eigenvalue weighted by atomic mass is 10.2. The van der Waals surface area contributed by atoms with Gasteiger partial charge in [-0.05, 0) is 43.3 Å². The number of para-hydroxylation sites is 1. The van der Waals surface area contributed by atoms with E-state index in [9.17, 15) is 9.18 Å². The van der Waals surface area contributed by atoms with Crippen LogP contribution in [0.1, 0.15) is 21.9 Å². The number of anilines is 1. The molecule has 5 rings (SSSR count). The van der Waals surface area contributed by atoms with Crippen LogP contribution in [-0.4, -0.2) is 36.9 Å². The number of hydrogen-bond acceptors (Lipinski definition) is 5. The quantitative estimate of drug-likeness (QED) is 0.421. The number of carbonyl (C=O) groups is 1. The van der Waals surface area contributed by atoms with Crippen molar-refractivity contribution in [1.29, 1.82) is 0 Å². The summed E-state index contributed by atoms with van der Waals surface area (Å²) >= 11 is 0. The van der Waals surface area contributed by atoms with Gasteiger partial charge in [0.05, 0.1) is 29.8 Å². The fourth-order valence-corrected chi connectivity index (χ4v) is 3.93. The number of aryl methyl sites for hydroxylation is 1. The molecule has 0 saturated heterocycles. The lowest BCUT2D eigenvalue weighted by Gasteiger charge is -2.18. The molecule has 0 aliphatic carbocycles. The van der Waals surface area contributed by atoms with Crippen LogP contribution in [0.25, 0.3) is 22.9 Å². The summed E-state index contributed by atoms with van der Waals surface area (Å²) in [6, 6.07) is 16.0. The number of amides is 1. The number of nitrogens with two attached hydrogens (primary N) is 1. The fraction of sp³-hybridized carbons (Fsp3) is 0.120. The monoisotopic (exact) mass is 455 g/mol. The van der Waals surface area contributed by atoms with Gasteiger partial charge in [-0.15, -0.1) is 0 Å². The summed E-state index contributed by atoms with van der Waals surface area (Å²) in [4.78, 5) is 27.4. The van der Waals surface area contributed by atoms with Crippen LogP contribution in [0.3, 0.4) is 0 Å². The van der Waals surface area contributed by atoms with E-state index < -0.39 is 5.91 Å². The van der Waals surface area contributed by atoms with Gasteiger partial charge in [0.25, 0.3) is 5.91 Å². The molecule has 2 N–H and O–H groups in total. The van der Waals surface area contributed by atoms with Gasteiger partial charge >= 0.3 is 0 Å². The smallest absolute Gasteiger partial charge is 0.267 e. The Kier molecular flexibility index (Phi) is 5.29. The zero-order valence-electron chi connectivity index (χ0n) is 18.7. The van der Waals surface area contributed by atoms with Crippen LogP contribution in [0.2, 0.25) is 0 Å². The highest BCUT2D eigenvalue weighted by molar-refractivity contribution is 5.91. The number of aromatic nitrogens is 5. The number of hydrogen-bond donors (Lipinski definition) is 1. The largest absolute Gasteiger partial charge is 0.366 e. The molecule has 0 saturated carbocycles. The molecular weight excluding hydrogens is 433 g/mol. The lowest BCUT2D eigenvalue weighted by Crippen LogP contribution is -2.17. The molecule has 0 aliphatic heterocycles. The Balaban J connectivity index is 1.62. The fourth-order valence-electron chi connectivity index (χ4n) is 3.93. The van der Waals surface area contributed by atoms with E-state index in [4.69, 9.17) is 10.7 Å². The van der Waals surface area contributed by atoms with E-state index in [1.54, 1.807) is 39.8 Å². The van der Waals surface area contributed by atoms with Crippen molar-refractivity contribution >= 4 is 17.2 Å². The molecule has 1 aromatic carbocycles. The number of rotatable bonds is 6. The van der Waals surface area contributed by atoms with E-state index in [-0.39, 0.29) is 11.5 Å². The minimum absolute atomic E-state index is 0.284. The normalized spacial score (nSPS) is 11.1. The predicted octanol–water partition coefficient (Wildman–Crippen LogP) is 3.76. The number of primary amides is 1. The van der Waals surface area contributed by atoms with Gasteiger partial charge in [0.1, 0.15) is 22.9 Å². The van der Waals surface area contributed by atoms with Crippen LogP contribution in [0.15, 0.2) is 73.2 Å². The molecular formula is C25H22FN7O. The summed E-state index contributed by atoms with van der Waals surface area (Å²) in [7, 11) is 1.82. The molecule has 34 heavy (non-hydrogen) atoms. The number of pyridine rings is 2. The molecule has 0 bridgehead atoms. The third-order valence-electron chi connectivity index (χ3n) is 5.56. The van der Waals surface area contributed by atoms with Crippen molar-refractivity contribution in [2.45, 2.75) is 13.5 Å². The molecule has 9 heteroatoms. The van der Waals surface area contributed by atoms with E-state index in [1.165, 1.54) is 12.3 Å². The van der Waals surface area contributed by atoms with E-state index in [1.807, 2.05) is 49.0 Å². The first-order valence-corrected chi connectivity index (χ1v) is 10.7. The van der Waals surface area contributed by atoms with Gasteiger partial charge in [0.2, 0.25) is 0 Å². The molecule has 0 aliphatic rings. The summed E-state index contributed by atoms with van der Waals surface area (Å²) in [6.07, 6.45) is 5.12. The second-order valence-electron chi connectivity index (χ2n) is 8.02. The van der Waals surface area contributed by atoms with Crippen LogP contribution >= 0.6 is 0 Å². The summed E-state index contributed by atoms with van der Waals surface area (Å²) in [6.45, 7) is 2.30. The highest BCUT2D eigenvalue weighted by Crippen LogP contribution is 2.25. The first kappa shape index (κ1) is 21.3. The number of nitrogens with zero attached hydrogens (tertiary/aromatic N) is 6. The Morgan fingerprint density at radius 2 is 1.88 bits per heavy atom. The Labute approximate surface area is 195 Å². The van der Waals surface area contributed by atoms with E-state index in [2.05, 4.69) is 9.97 Å². The van der Waals surface area contributed by atoms with Gasteiger partial charge in [-0.2, -0.15) is 0 Å². The SMILES string of the molecule is Cc1cccc(-c2nc(CN(C)c3ccccc3F)cn2-c2ccc3ncc(C(N)=O)n3c2)n1. The zero-order valence-corrected chi connectivity index (χ0v) is 18.7. The molecule has 0 unspecified atom stereocenters. The van der Waals surface area contributed by atoms with Crippen LogP contribution in [0.5, 0.6) is 0 Å². The molecule has 0 radical (unpaired) electrons. The number of imidazole rings is 2. The maximum atomic E-state index is 14.3. The van der Waals surface area contributed by atoms with Gasteiger partial charge in [-0.3, -0.25) is 13.8 Å². The Bertz CT molecular complexity index is 1520. The summed E-state index contributed by atoms with van der Waals surface area (Å²) in [5.74, 6) is -0.238. The Morgan fingerprint density at radius 3 is 2.65 bits per heavy atom. The summed E-state index contributed by atoms with van der Waals surface area (Å²) < 4.78 is 17.8. The van der Waals surface area contributed by atoms with Gasteiger partial charge in [0, 0.05) is 25.1 Å². The topological polar surface area (TPSA) is 94.3 Å². The lowest BCUT2D eigenvalue weighted by molar-refractivity contribution is 0.0994. The summed E-state index contributed by atoms with van der Waals surface area (Å²) in [5, 5.41) is 0. The van der Waals surface area contributed by atoms with Crippen molar-refractivity contribution in [3.8, 4) is 17.2 Å². The van der Waals surface area contributed by atoms with Crippen LogP contribution in [0, 0.1) is 12.7 Å². The van der Waals surface area contributed by atoms with Gasteiger partial charge in [-0.1, -0.05) is 18.2 Å². The molecule has 4 aromatic heterocycles. The van der Waals surface area contributed by atoms with Crippen LogP contribution < -0.4 is 10.6 Å². The summed E-state index contributed by atoms with van der Waals surface area (Å²) in [5.41, 5.74) is 9.91.